The largest absolute Gasteiger partial charge is 0.341 e. The Morgan fingerprint density at radius 1 is 0.950 bits per heavy atom. The van der Waals surface area contributed by atoms with Gasteiger partial charge in [0.25, 0.3) is 0 Å². The van der Waals surface area contributed by atoms with Gasteiger partial charge < -0.3 is 15.5 Å². The molecular formula is C15H27N3O2. The van der Waals surface area contributed by atoms with E-state index in [1.54, 1.807) is 6.92 Å². The molecule has 114 valence electrons. The van der Waals surface area contributed by atoms with E-state index >= 15 is 0 Å². The first kappa shape index (κ1) is 15.3. The summed E-state index contributed by atoms with van der Waals surface area (Å²) in [6.45, 7) is 4.32. The quantitative estimate of drug-likeness (QED) is 0.820. The molecule has 2 fully saturated rings. The van der Waals surface area contributed by atoms with Crippen molar-refractivity contribution >= 4 is 11.8 Å². The lowest BCUT2D eigenvalue weighted by atomic mass is 9.84. The van der Waals surface area contributed by atoms with Gasteiger partial charge >= 0.3 is 0 Å². The molecule has 0 radical (unpaired) electrons. The number of amides is 2. The van der Waals surface area contributed by atoms with Crippen molar-refractivity contribution in [3.63, 3.8) is 0 Å². The predicted octanol–water partition coefficient (Wildman–Crippen LogP) is 0.975. The average molecular weight is 281 g/mol. The fourth-order valence-electron chi connectivity index (χ4n) is 3.36. The van der Waals surface area contributed by atoms with Crippen molar-refractivity contribution in [2.24, 2.45) is 11.7 Å². The number of nitrogens with two attached hydrogens (primary N) is 1. The maximum Gasteiger partial charge on any atom is 0.239 e. The number of hydrogen-bond acceptors (Lipinski definition) is 3. The topological polar surface area (TPSA) is 66.6 Å². The van der Waals surface area contributed by atoms with Crippen LogP contribution in [0, 0.1) is 5.92 Å². The van der Waals surface area contributed by atoms with Crippen LogP contribution in [-0.2, 0) is 9.59 Å². The van der Waals surface area contributed by atoms with E-state index < -0.39 is 0 Å². The molecule has 0 bridgehead atoms. The van der Waals surface area contributed by atoms with Gasteiger partial charge in [-0.25, -0.2) is 0 Å². The van der Waals surface area contributed by atoms with Gasteiger partial charge in [-0.1, -0.05) is 19.3 Å². The molecule has 1 atom stereocenters. The van der Waals surface area contributed by atoms with Crippen LogP contribution in [0.15, 0.2) is 0 Å². The molecule has 0 aromatic rings. The zero-order chi connectivity index (χ0) is 14.5. The Morgan fingerprint density at radius 2 is 1.55 bits per heavy atom. The van der Waals surface area contributed by atoms with Crippen molar-refractivity contribution in [3.05, 3.63) is 0 Å². The lowest BCUT2D eigenvalue weighted by Gasteiger charge is -2.31. The molecule has 2 aliphatic rings. The van der Waals surface area contributed by atoms with Crippen LogP contribution in [0.5, 0.6) is 0 Å². The van der Waals surface area contributed by atoms with Gasteiger partial charge in [0.2, 0.25) is 11.8 Å². The summed E-state index contributed by atoms with van der Waals surface area (Å²) >= 11 is 0. The van der Waals surface area contributed by atoms with E-state index in [4.69, 9.17) is 5.73 Å². The van der Waals surface area contributed by atoms with Gasteiger partial charge in [0, 0.05) is 33.1 Å². The minimum atomic E-state index is -0.348. The summed E-state index contributed by atoms with van der Waals surface area (Å²) in [5.41, 5.74) is 6.20. The fourth-order valence-corrected chi connectivity index (χ4v) is 3.36. The second-order valence-electron chi connectivity index (χ2n) is 6.11. The normalized spacial score (nSPS) is 23.3. The number of carbonyl (C=O) groups is 2. The number of carbonyl (C=O) groups excluding carboxylic acids is 2. The van der Waals surface area contributed by atoms with Crippen molar-refractivity contribution in [2.45, 2.75) is 51.5 Å². The molecule has 1 saturated heterocycles. The summed E-state index contributed by atoms with van der Waals surface area (Å²) in [7, 11) is 0. The molecule has 2 amide bonds. The van der Waals surface area contributed by atoms with Crippen molar-refractivity contribution in [3.8, 4) is 0 Å². The first-order valence-electron chi connectivity index (χ1n) is 7.89. The van der Waals surface area contributed by atoms with Crippen molar-refractivity contribution in [1.29, 1.82) is 0 Å². The Labute approximate surface area is 121 Å². The van der Waals surface area contributed by atoms with E-state index in [0.717, 1.165) is 32.4 Å². The lowest BCUT2D eigenvalue weighted by molar-refractivity contribution is -0.135. The van der Waals surface area contributed by atoms with E-state index in [9.17, 15) is 9.59 Å². The van der Waals surface area contributed by atoms with Crippen LogP contribution in [0.3, 0.4) is 0 Å². The highest BCUT2D eigenvalue weighted by molar-refractivity contribution is 5.82. The van der Waals surface area contributed by atoms with Gasteiger partial charge in [-0.05, 0) is 25.2 Å². The molecule has 0 aromatic heterocycles. The Kier molecular flexibility index (Phi) is 5.40. The van der Waals surface area contributed by atoms with Gasteiger partial charge in [-0.2, -0.15) is 0 Å². The Hall–Kier alpha value is -1.10. The molecule has 5 nitrogen and oxygen atoms in total. The molecule has 2 rings (SSSR count). The maximum atomic E-state index is 12.5. The maximum absolute atomic E-state index is 12.5. The molecule has 1 aliphatic heterocycles. The summed E-state index contributed by atoms with van der Waals surface area (Å²) in [6.07, 6.45) is 6.69. The Bertz CT molecular complexity index is 353. The lowest BCUT2D eigenvalue weighted by Crippen LogP contribution is -2.49. The highest BCUT2D eigenvalue weighted by Gasteiger charge is 2.30. The van der Waals surface area contributed by atoms with Crippen molar-refractivity contribution < 1.29 is 9.59 Å². The van der Waals surface area contributed by atoms with Crippen LogP contribution in [-0.4, -0.2) is 53.8 Å². The molecule has 5 heteroatoms. The molecular weight excluding hydrogens is 254 g/mol. The van der Waals surface area contributed by atoms with Crippen LogP contribution in [0.25, 0.3) is 0 Å². The zero-order valence-electron chi connectivity index (χ0n) is 12.5. The highest BCUT2D eigenvalue weighted by Crippen LogP contribution is 2.26. The molecule has 1 heterocycles. The monoisotopic (exact) mass is 281 g/mol. The highest BCUT2D eigenvalue weighted by atomic mass is 16.2. The smallest absolute Gasteiger partial charge is 0.239 e. The van der Waals surface area contributed by atoms with E-state index in [-0.39, 0.29) is 17.9 Å². The third kappa shape index (κ3) is 3.72. The van der Waals surface area contributed by atoms with Crippen LogP contribution in [0.2, 0.25) is 0 Å². The van der Waals surface area contributed by atoms with Gasteiger partial charge in [-0.15, -0.1) is 0 Å². The van der Waals surface area contributed by atoms with Gasteiger partial charge in [0.05, 0.1) is 6.04 Å². The molecule has 0 aromatic carbocycles. The molecule has 1 aliphatic carbocycles. The first-order valence-corrected chi connectivity index (χ1v) is 7.89. The van der Waals surface area contributed by atoms with E-state index in [1.165, 1.54) is 19.3 Å². The van der Waals surface area contributed by atoms with Crippen LogP contribution < -0.4 is 5.73 Å². The predicted molar refractivity (Wildman–Crippen MR) is 78.0 cm³/mol. The fraction of sp³-hybridized carbons (Fsp3) is 0.867. The minimum Gasteiger partial charge on any atom is -0.341 e. The SMILES string of the molecule is CC(=O)N1CCCN(C(=O)[C@@H](N)C2CCCCC2)CC1. The summed E-state index contributed by atoms with van der Waals surface area (Å²) in [5, 5.41) is 0. The third-order valence-corrected chi connectivity index (χ3v) is 4.70. The number of nitrogens with zero attached hydrogens (tertiary/aromatic N) is 2. The summed E-state index contributed by atoms with van der Waals surface area (Å²) in [6, 6.07) is -0.348. The Morgan fingerprint density at radius 3 is 2.20 bits per heavy atom. The first-order chi connectivity index (χ1) is 9.59. The van der Waals surface area contributed by atoms with Crippen molar-refractivity contribution in [1.82, 2.24) is 9.80 Å². The molecule has 20 heavy (non-hydrogen) atoms. The van der Waals surface area contributed by atoms with Gasteiger partial charge in [0.1, 0.15) is 0 Å². The second kappa shape index (κ2) is 7.07. The van der Waals surface area contributed by atoms with Gasteiger partial charge in [0.15, 0.2) is 0 Å². The molecule has 2 N–H and O–H groups in total. The van der Waals surface area contributed by atoms with E-state index in [0.29, 0.717) is 19.0 Å². The van der Waals surface area contributed by atoms with E-state index in [2.05, 4.69) is 0 Å². The molecule has 1 saturated carbocycles. The minimum absolute atomic E-state index is 0.0855. The van der Waals surface area contributed by atoms with Crippen molar-refractivity contribution in [2.75, 3.05) is 26.2 Å². The average Bonchev–Trinajstić information content (AvgIpc) is 2.72. The molecule has 0 unspecified atom stereocenters. The Balaban J connectivity index is 1.89. The second-order valence-corrected chi connectivity index (χ2v) is 6.11. The molecule has 0 spiro atoms. The van der Waals surface area contributed by atoms with E-state index in [1.807, 2.05) is 9.80 Å². The third-order valence-electron chi connectivity index (χ3n) is 4.70. The standard InChI is InChI=1S/C15H27N3O2/c1-12(19)17-8-5-9-18(11-10-17)15(20)14(16)13-6-3-2-4-7-13/h13-14H,2-11,16H2,1H3/t14-/m0/s1. The summed E-state index contributed by atoms with van der Waals surface area (Å²) < 4.78 is 0. The number of rotatable bonds is 2. The zero-order valence-corrected chi connectivity index (χ0v) is 12.5. The summed E-state index contributed by atoms with van der Waals surface area (Å²) in [5.74, 6) is 0.529. The number of hydrogen-bond donors (Lipinski definition) is 1. The van der Waals surface area contributed by atoms with Crippen LogP contribution in [0.4, 0.5) is 0 Å². The van der Waals surface area contributed by atoms with Gasteiger partial charge in [-0.3, -0.25) is 9.59 Å². The van der Waals surface area contributed by atoms with Crippen LogP contribution in [0.1, 0.15) is 45.4 Å². The van der Waals surface area contributed by atoms with Crippen LogP contribution >= 0.6 is 0 Å². The summed E-state index contributed by atoms with van der Waals surface area (Å²) in [4.78, 5) is 27.6.